The molecule has 0 atom stereocenters. The van der Waals surface area contributed by atoms with E-state index in [0.717, 1.165) is 6.07 Å². The zero-order valence-corrected chi connectivity index (χ0v) is 11.8. The van der Waals surface area contributed by atoms with E-state index in [-0.39, 0.29) is 22.7 Å². The molecule has 0 aliphatic heterocycles. The molecule has 2 aromatic carbocycles. The van der Waals surface area contributed by atoms with Crippen molar-refractivity contribution >= 4 is 11.9 Å². The Morgan fingerprint density at radius 2 is 1.86 bits per heavy atom. The van der Waals surface area contributed by atoms with E-state index in [9.17, 15) is 18.3 Å². The summed E-state index contributed by atoms with van der Waals surface area (Å²) in [5, 5.41) is 9.99. The van der Waals surface area contributed by atoms with Crippen LogP contribution in [-0.4, -0.2) is 17.9 Å². The summed E-state index contributed by atoms with van der Waals surface area (Å²) in [7, 11) is 0. The van der Waals surface area contributed by atoms with Gasteiger partial charge in [0.25, 0.3) is 0 Å². The Morgan fingerprint density at radius 1 is 1.14 bits per heavy atom. The monoisotopic (exact) mass is 309 g/mol. The lowest BCUT2D eigenvalue weighted by Gasteiger charge is -2.09. The Balaban J connectivity index is 2.36. The van der Waals surface area contributed by atoms with E-state index < -0.39 is 11.7 Å². The average molecular weight is 309 g/mol. The van der Waals surface area contributed by atoms with Crippen molar-refractivity contribution in [1.82, 2.24) is 0 Å². The van der Waals surface area contributed by atoms with E-state index in [1.165, 1.54) is 30.5 Å². The zero-order valence-electron chi connectivity index (χ0n) is 11.8. The predicted octanol–water partition coefficient (Wildman–Crippen LogP) is 4.56. The minimum Gasteiger partial charge on any atom is -0.504 e. The summed E-state index contributed by atoms with van der Waals surface area (Å²) in [6.45, 7) is 2.13. The van der Waals surface area contributed by atoms with Crippen LogP contribution in [0.25, 0.3) is 0 Å². The third-order valence-electron chi connectivity index (χ3n) is 2.88. The largest absolute Gasteiger partial charge is 0.504 e. The Bertz CT molecular complexity index is 681. The average Bonchev–Trinajstić information content (AvgIpc) is 2.48. The highest BCUT2D eigenvalue weighted by molar-refractivity contribution is 5.86. The number of para-hydroxylation sites is 2. The molecule has 0 unspecified atom stereocenters. The summed E-state index contributed by atoms with van der Waals surface area (Å²) >= 11 is 0. The lowest BCUT2D eigenvalue weighted by atomic mass is 10.1. The first-order chi connectivity index (χ1) is 10.4. The number of alkyl halides is 3. The van der Waals surface area contributed by atoms with Crippen molar-refractivity contribution < 1.29 is 23.0 Å². The second-order valence-electron chi connectivity index (χ2n) is 4.40. The molecular weight excluding hydrogens is 295 g/mol. The number of halogens is 3. The normalized spacial score (nSPS) is 11.8. The van der Waals surface area contributed by atoms with Gasteiger partial charge in [-0.2, -0.15) is 13.2 Å². The second kappa shape index (κ2) is 6.51. The molecule has 0 heterocycles. The van der Waals surface area contributed by atoms with Crippen LogP contribution in [0.15, 0.2) is 47.5 Å². The van der Waals surface area contributed by atoms with E-state index >= 15 is 0 Å². The molecule has 0 spiro atoms. The van der Waals surface area contributed by atoms with Crippen LogP contribution in [0.4, 0.5) is 18.9 Å². The lowest BCUT2D eigenvalue weighted by molar-refractivity contribution is -0.137. The van der Waals surface area contributed by atoms with Gasteiger partial charge in [0.05, 0.1) is 17.9 Å². The van der Waals surface area contributed by atoms with Crippen LogP contribution in [0, 0.1) is 0 Å². The summed E-state index contributed by atoms with van der Waals surface area (Å²) in [4.78, 5) is 3.84. The summed E-state index contributed by atoms with van der Waals surface area (Å²) in [5.41, 5.74) is -0.758. The molecule has 0 amide bonds. The van der Waals surface area contributed by atoms with E-state index in [2.05, 4.69) is 4.99 Å². The third-order valence-corrected chi connectivity index (χ3v) is 2.88. The van der Waals surface area contributed by atoms with E-state index in [4.69, 9.17) is 4.74 Å². The number of benzene rings is 2. The van der Waals surface area contributed by atoms with Crippen molar-refractivity contribution in [2.24, 2.45) is 4.99 Å². The number of rotatable bonds is 4. The number of ether oxygens (including phenoxy) is 1. The molecule has 0 aromatic heterocycles. The van der Waals surface area contributed by atoms with E-state index in [1.54, 1.807) is 19.1 Å². The molecule has 22 heavy (non-hydrogen) atoms. The molecule has 6 heteroatoms. The van der Waals surface area contributed by atoms with Crippen molar-refractivity contribution in [2.75, 3.05) is 6.61 Å². The van der Waals surface area contributed by atoms with Gasteiger partial charge >= 0.3 is 6.18 Å². The maximum atomic E-state index is 12.9. The first-order valence-electron chi connectivity index (χ1n) is 6.58. The Hall–Kier alpha value is -2.50. The highest BCUT2D eigenvalue weighted by Gasteiger charge is 2.32. The molecule has 2 aromatic rings. The van der Waals surface area contributed by atoms with Crippen LogP contribution >= 0.6 is 0 Å². The number of aromatic hydroxyl groups is 1. The van der Waals surface area contributed by atoms with Gasteiger partial charge in [-0.3, -0.25) is 4.99 Å². The highest BCUT2D eigenvalue weighted by atomic mass is 19.4. The number of nitrogens with zero attached hydrogens (tertiary/aromatic N) is 1. The molecule has 1 N–H and O–H groups in total. The SMILES string of the molecule is CCOc1cccc(C=Nc2ccccc2C(F)(F)F)c1O. The Morgan fingerprint density at radius 3 is 2.55 bits per heavy atom. The Kier molecular flexibility index (Phi) is 4.70. The van der Waals surface area contributed by atoms with Crippen molar-refractivity contribution in [1.29, 1.82) is 0 Å². The topological polar surface area (TPSA) is 41.8 Å². The smallest absolute Gasteiger partial charge is 0.418 e. The molecule has 2 rings (SSSR count). The fourth-order valence-electron chi connectivity index (χ4n) is 1.88. The summed E-state index contributed by atoms with van der Waals surface area (Å²) in [5.74, 6) is 0.105. The van der Waals surface area contributed by atoms with Crippen LogP contribution < -0.4 is 4.74 Å². The van der Waals surface area contributed by atoms with Gasteiger partial charge in [-0.1, -0.05) is 18.2 Å². The quantitative estimate of drug-likeness (QED) is 0.841. The molecular formula is C16H14F3NO2. The molecule has 0 radical (unpaired) electrons. The van der Waals surface area contributed by atoms with Gasteiger partial charge in [-0.25, -0.2) is 0 Å². The number of hydrogen-bond donors (Lipinski definition) is 1. The molecule has 0 fully saturated rings. The van der Waals surface area contributed by atoms with Crippen LogP contribution in [0.2, 0.25) is 0 Å². The molecule has 0 bridgehead atoms. The van der Waals surface area contributed by atoms with E-state index in [0.29, 0.717) is 6.61 Å². The zero-order chi connectivity index (χ0) is 16.2. The molecule has 0 aliphatic carbocycles. The minimum absolute atomic E-state index is 0.155. The first kappa shape index (κ1) is 15.9. The maximum absolute atomic E-state index is 12.9. The predicted molar refractivity (Wildman–Crippen MR) is 78.0 cm³/mol. The number of phenols is 1. The van der Waals surface area contributed by atoms with Gasteiger partial charge in [0.15, 0.2) is 11.5 Å². The number of hydrogen-bond acceptors (Lipinski definition) is 3. The molecule has 0 saturated heterocycles. The molecule has 116 valence electrons. The van der Waals surface area contributed by atoms with Gasteiger partial charge in [-0.05, 0) is 31.2 Å². The minimum atomic E-state index is -4.48. The summed E-state index contributed by atoms with van der Waals surface area (Å²) < 4.78 is 43.8. The fourth-order valence-corrected chi connectivity index (χ4v) is 1.88. The third kappa shape index (κ3) is 3.58. The molecule has 3 nitrogen and oxygen atoms in total. The lowest BCUT2D eigenvalue weighted by Crippen LogP contribution is -2.04. The fraction of sp³-hybridized carbons (Fsp3) is 0.188. The van der Waals surface area contributed by atoms with E-state index in [1.807, 2.05) is 0 Å². The van der Waals surface area contributed by atoms with Gasteiger partial charge < -0.3 is 9.84 Å². The van der Waals surface area contributed by atoms with Gasteiger partial charge in [-0.15, -0.1) is 0 Å². The maximum Gasteiger partial charge on any atom is 0.418 e. The number of aliphatic imine (C=N–C) groups is 1. The molecule has 0 saturated carbocycles. The van der Waals surface area contributed by atoms with Crippen molar-refractivity contribution in [3.8, 4) is 11.5 Å². The number of phenolic OH excluding ortho intramolecular Hbond substituents is 1. The van der Waals surface area contributed by atoms with Crippen LogP contribution in [0.3, 0.4) is 0 Å². The summed E-state index contributed by atoms with van der Waals surface area (Å²) in [6.07, 6.45) is -3.30. The second-order valence-corrected chi connectivity index (χ2v) is 4.40. The Labute approximate surface area is 125 Å². The molecule has 0 aliphatic rings. The highest BCUT2D eigenvalue weighted by Crippen LogP contribution is 2.36. The van der Waals surface area contributed by atoms with Crippen LogP contribution in [0.5, 0.6) is 11.5 Å². The van der Waals surface area contributed by atoms with Crippen LogP contribution in [-0.2, 0) is 6.18 Å². The van der Waals surface area contributed by atoms with Gasteiger partial charge in [0.2, 0.25) is 0 Å². The van der Waals surface area contributed by atoms with Crippen LogP contribution in [0.1, 0.15) is 18.1 Å². The van der Waals surface area contributed by atoms with Crippen molar-refractivity contribution in [3.05, 3.63) is 53.6 Å². The summed E-state index contributed by atoms with van der Waals surface area (Å²) in [6, 6.07) is 9.73. The standard InChI is InChI=1S/C16H14F3NO2/c1-2-22-14-9-5-6-11(15(14)21)10-20-13-8-4-3-7-12(13)16(17,18)19/h3-10,21H,2H2,1H3. The van der Waals surface area contributed by atoms with Crippen molar-refractivity contribution in [2.45, 2.75) is 13.1 Å². The van der Waals surface area contributed by atoms with Gasteiger partial charge in [0.1, 0.15) is 0 Å². The van der Waals surface area contributed by atoms with Gasteiger partial charge in [0, 0.05) is 11.8 Å². The van der Waals surface area contributed by atoms with Crippen molar-refractivity contribution in [3.63, 3.8) is 0 Å². The first-order valence-corrected chi connectivity index (χ1v) is 6.58.